The van der Waals surface area contributed by atoms with Gasteiger partial charge in [0.1, 0.15) is 5.82 Å². The van der Waals surface area contributed by atoms with Crippen LogP contribution in [0.2, 0.25) is 0 Å². The Balaban J connectivity index is 1.25. The van der Waals surface area contributed by atoms with Crippen LogP contribution in [-0.4, -0.2) is 34.9 Å². The molecule has 1 N–H and O–H groups in total. The summed E-state index contributed by atoms with van der Waals surface area (Å²) in [5, 5.41) is 2.78. The molecule has 1 heterocycles. The fraction of sp³-hybridized carbons (Fsp3) is 0.125. The van der Waals surface area contributed by atoms with E-state index in [1.54, 1.807) is 48.2 Å². The molecule has 0 aliphatic carbocycles. The quantitative estimate of drug-likeness (QED) is 0.328. The first-order chi connectivity index (χ1) is 15.0. The Morgan fingerprint density at radius 2 is 1.48 bits per heavy atom. The van der Waals surface area contributed by atoms with E-state index in [-0.39, 0.29) is 23.5 Å². The lowest BCUT2D eigenvalue weighted by Crippen LogP contribution is -2.30. The fourth-order valence-electron chi connectivity index (χ4n) is 3.29. The van der Waals surface area contributed by atoms with Crippen molar-refractivity contribution >= 4 is 35.2 Å². The summed E-state index contributed by atoms with van der Waals surface area (Å²) in [6.07, 6.45) is 0.680. The summed E-state index contributed by atoms with van der Waals surface area (Å²) < 4.78 is 13.0. The Bertz CT molecular complexity index is 1100. The zero-order valence-corrected chi connectivity index (χ0v) is 17.3. The lowest BCUT2D eigenvalue weighted by atomic mass is 10.1. The molecular formula is C24H19FN2O3S. The van der Waals surface area contributed by atoms with Crippen molar-refractivity contribution in [3.63, 3.8) is 0 Å². The maximum absolute atomic E-state index is 13.0. The predicted molar refractivity (Wildman–Crippen MR) is 118 cm³/mol. The van der Waals surface area contributed by atoms with E-state index in [4.69, 9.17) is 0 Å². The number of nitrogens with zero attached hydrogens (tertiary/aromatic N) is 1. The smallest absolute Gasteiger partial charge is 0.261 e. The highest BCUT2D eigenvalue weighted by Gasteiger charge is 2.34. The first-order valence-corrected chi connectivity index (χ1v) is 10.8. The molecule has 3 aromatic carbocycles. The van der Waals surface area contributed by atoms with Gasteiger partial charge in [-0.3, -0.25) is 19.3 Å². The van der Waals surface area contributed by atoms with Gasteiger partial charge in [-0.05, 0) is 72.8 Å². The van der Waals surface area contributed by atoms with E-state index < -0.39 is 0 Å². The molecule has 7 heteroatoms. The molecule has 0 atom stereocenters. The molecule has 0 unspecified atom stereocenters. The topological polar surface area (TPSA) is 66.5 Å². The average molecular weight is 434 g/mol. The maximum atomic E-state index is 13.0. The van der Waals surface area contributed by atoms with Crippen LogP contribution in [0, 0.1) is 5.82 Å². The molecule has 0 spiro atoms. The first-order valence-electron chi connectivity index (χ1n) is 9.78. The molecule has 4 rings (SSSR count). The number of benzene rings is 3. The van der Waals surface area contributed by atoms with Gasteiger partial charge in [-0.15, -0.1) is 11.8 Å². The van der Waals surface area contributed by atoms with Crippen LogP contribution >= 0.6 is 11.8 Å². The highest BCUT2D eigenvalue weighted by molar-refractivity contribution is 7.99. The zero-order chi connectivity index (χ0) is 21.8. The van der Waals surface area contributed by atoms with Crippen LogP contribution in [0.3, 0.4) is 0 Å². The second-order valence-corrected chi connectivity index (χ2v) is 8.16. The van der Waals surface area contributed by atoms with Gasteiger partial charge in [0.2, 0.25) is 0 Å². The molecule has 3 aromatic rings. The number of carbonyl (C=O) groups is 3. The molecule has 0 saturated heterocycles. The van der Waals surface area contributed by atoms with Crippen molar-refractivity contribution < 1.29 is 18.8 Å². The van der Waals surface area contributed by atoms with Crippen LogP contribution in [0.4, 0.5) is 10.1 Å². The van der Waals surface area contributed by atoms with Crippen molar-refractivity contribution in [2.45, 2.75) is 11.3 Å². The largest absolute Gasteiger partial charge is 0.322 e. The second-order valence-electron chi connectivity index (χ2n) is 6.99. The summed E-state index contributed by atoms with van der Waals surface area (Å²) in [5.41, 5.74) is 1.97. The number of nitrogens with one attached hydrogen (secondary N) is 1. The normalized spacial score (nSPS) is 12.7. The fourth-order valence-corrected chi connectivity index (χ4v) is 4.13. The second kappa shape index (κ2) is 9.14. The minimum atomic E-state index is -0.388. The van der Waals surface area contributed by atoms with E-state index in [0.29, 0.717) is 35.3 Å². The number of hydrogen-bond donors (Lipinski definition) is 1. The van der Waals surface area contributed by atoms with Crippen LogP contribution in [0.15, 0.2) is 77.7 Å². The Hall–Kier alpha value is -3.45. The summed E-state index contributed by atoms with van der Waals surface area (Å²) in [6, 6.07) is 19.6. The molecule has 1 aliphatic rings. The highest BCUT2D eigenvalue weighted by atomic mass is 32.2. The number of fused-ring (bicyclic) bond motifs is 1. The van der Waals surface area contributed by atoms with Gasteiger partial charge in [-0.2, -0.15) is 0 Å². The summed E-state index contributed by atoms with van der Waals surface area (Å²) in [6.45, 7) is 0.380. The van der Waals surface area contributed by atoms with Gasteiger partial charge < -0.3 is 5.32 Å². The average Bonchev–Trinajstić information content (AvgIpc) is 3.03. The van der Waals surface area contributed by atoms with Gasteiger partial charge in [-0.1, -0.05) is 12.1 Å². The summed E-state index contributed by atoms with van der Waals surface area (Å²) in [5.74, 6) is -0.407. The van der Waals surface area contributed by atoms with E-state index in [2.05, 4.69) is 5.32 Å². The maximum Gasteiger partial charge on any atom is 0.261 e. The minimum Gasteiger partial charge on any atom is -0.322 e. The van der Waals surface area contributed by atoms with E-state index in [0.717, 1.165) is 10.6 Å². The Morgan fingerprint density at radius 3 is 2.10 bits per heavy atom. The van der Waals surface area contributed by atoms with Gasteiger partial charge in [0.05, 0.1) is 11.1 Å². The summed E-state index contributed by atoms with van der Waals surface area (Å²) in [4.78, 5) is 39.2. The lowest BCUT2D eigenvalue weighted by molar-refractivity contribution is 0.0654. The van der Waals surface area contributed by atoms with Gasteiger partial charge in [-0.25, -0.2) is 4.39 Å². The number of imide groups is 1. The summed E-state index contributed by atoms with van der Waals surface area (Å²) in [7, 11) is 0. The predicted octanol–water partition coefficient (Wildman–Crippen LogP) is 4.86. The Kier molecular flexibility index (Phi) is 6.13. The monoisotopic (exact) mass is 434 g/mol. The van der Waals surface area contributed by atoms with Gasteiger partial charge in [0.15, 0.2) is 0 Å². The van der Waals surface area contributed by atoms with Crippen LogP contribution in [0.25, 0.3) is 0 Å². The highest BCUT2D eigenvalue weighted by Crippen LogP contribution is 2.25. The minimum absolute atomic E-state index is 0.230. The van der Waals surface area contributed by atoms with Crippen LogP contribution in [0.5, 0.6) is 0 Å². The van der Waals surface area contributed by atoms with Crippen molar-refractivity contribution in [2.24, 2.45) is 0 Å². The molecule has 0 radical (unpaired) electrons. The van der Waals surface area contributed by atoms with Crippen molar-refractivity contribution in [2.75, 3.05) is 17.6 Å². The first kappa shape index (κ1) is 20.8. The number of hydrogen-bond acceptors (Lipinski definition) is 4. The van der Waals surface area contributed by atoms with Gasteiger partial charge in [0, 0.05) is 22.7 Å². The Labute approximate surface area is 183 Å². The van der Waals surface area contributed by atoms with E-state index >= 15 is 0 Å². The molecule has 0 bridgehead atoms. The van der Waals surface area contributed by atoms with Crippen molar-refractivity contribution in [1.82, 2.24) is 4.90 Å². The van der Waals surface area contributed by atoms with Gasteiger partial charge in [0.25, 0.3) is 17.7 Å². The Morgan fingerprint density at radius 1 is 0.871 bits per heavy atom. The number of anilines is 1. The number of amides is 3. The molecule has 1 aliphatic heterocycles. The molecule has 5 nitrogen and oxygen atoms in total. The third-order valence-electron chi connectivity index (χ3n) is 4.89. The number of rotatable bonds is 7. The molecule has 31 heavy (non-hydrogen) atoms. The SMILES string of the molecule is O=C(Nc1ccc(SCCCN2C(=O)c3ccccc3C2=O)cc1)c1ccc(F)cc1. The van der Waals surface area contributed by atoms with Crippen molar-refractivity contribution in [3.8, 4) is 0 Å². The van der Waals surface area contributed by atoms with E-state index in [9.17, 15) is 18.8 Å². The van der Waals surface area contributed by atoms with Crippen LogP contribution in [-0.2, 0) is 0 Å². The number of carbonyl (C=O) groups excluding carboxylic acids is 3. The van der Waals surface area contributed by atoms with Crippen LogP contribution < -0.4 is 5.32 Å². The molecule has 156 valence electrons. The van der Waals surface area contributed by atoms with Crippen molar-refractivity contribution in [3.05, 3.63) is 95.3 Å². The zero-order valence-electron chi connectivity index (χ0n) is 16.5. The van der Waals surface area contributed by atoms with Crippen molar-refractivity contribution in [1.29, 1.82) is 0 Å². The van der Waals surface area contributed by atoms with Crippen LogP contribution in [0.1, 0.15) is 37.5 Å². The number of halogens is 1. The molecule has 3 amide bonds. The number of thioether (sulfide) groups is 1. The van der Waals surface area contributed by atoms with E-state index in [1.807, 2.05) is 12.1 Å². The summed E-state index contributed by atoms with van der Waals surface area (Å²) >= 11 is 1.61. The third kappa shape index (κ3) is 4.67. The molecule has 0 aromatic heterocycles. The standard InChI is InChI=1S/C24H19FN2O3S/c25-17-8-6-16(7-9-17)22(28)26-18-10-12-19(13-11-18)31-15-3-14-27-23(29)20-4-1-2-5-21(20)24(27)30/h1-2,4-13H,3,14-15H2,(H,26,28). The molecular weight excluding hydrogens is 415 g/mol. The van der Waals surface area contributed by atoms with Gasteiger partial charge >= 0.3 is 0 Å². The third-order valence-corrected chi connectivity index (χ3v) is 5.99. The lowest BCUT2D eigenvalue weighted by Gasteiger charge is -2.13. The molecule has 0 saturated carbocycles. The van der Waals surface area contributed by atoms with E-state index in [1.165, 1.54) is 29.2 Å². The molecule has 0 fully saturated rings.